The second-order valence-electron chi connectivity index (χ2n) is 8.54. The van der Waals surface area contributed by atoms with E-state index in [1.807, 2.05) is 0 Å². The van der Waals surface area contributed by atoms with Gasteiger partial charge in [-0.25, -0.2) is 16.8 Å². The zero-order chi connectivity index (χ0) is 25.2. The number of methoxy groups -OCH3 is 1. The van der Waals surface area contributed by atoms with Crippen molar-refractivity contribution in [2.75, 3.05) is 38.6 Å². The molecule has 2 aromatic carbocycles. The van der Waals surface area contributed by atoms with Crippen LogP contribution in [-0.4, -0.2) is 64.6 Å². The minimum absolute atomic E-state index is 0.0309. The van der Waals surface area contributed by atoms with Gasteiger partial charge in [0.2, 0.25) is 20.0 Å². The first-order chi connectivity index (χ1) is 16.6. The van der Waals surface area contributed by atoms with Gasteiger partial charge in [0.05, 0.1) is 22.7 Å². The number of rotatable bonds is 7. The summed E-state index contributed by atoms with van der Waals surface area (Å²) in [5.74, 6) is -0.348. The molecule has 190 valence electrons. The molecule has 0 aromatic heterocycles. The number of amides is 1. The number of nitrogens with one attached hydrogen (secondary N) is 1. The van der Waals surface area contributed by atoms with Crippen LogP contribution < -0.4 is 10.1 Å². The Bertz CT molecular complexity index is 1320. The molecule has 0 bridgehead atoms. The third-order valence-electron chi connectivity index (χ3n) is 6.25. The van der Waals surface area contributed by atoms with Crippen molar-refractivity contribution in [3.63, 3.8) is 0 Å². The molecule has 1 amide bonds. The molecular weight excluding hydrogens is 514 g/mol. The summed E-state index contributed by atoms with van der Waals surface area (Å²) in [4.78, 5) is 13.0. The normalized spacial score (nSPS) is 17.9. The van der Waals surface area contributed by atoms with E-state index in [2.05, 4.69) is 5.32 Å². The maximum atomic E-state index is 13.1. The molecule has 2 aliphatic heterocycles. The SMILES string of the molecule is COc1ccc(S(=O)(=O)N2CCCC2)cc1NC(=O)c1ccc(Cl)c(S(=O)(=O)N2CCCCC2)c1. The molecule has 4 rings (SSSR count). The van der Waals surface area contributed by atoms with Crippen molar-refractivity contribution in [3.05, 3.63) is 47.0 Å². The average Bonchev–Trinajstić information content (AvgIpc) is 3.41. The minimum atomic E-state index is -3.86. The van der Waals surface area contributed by atoms with Crippen molar-refractivity contribution in [1.29, 1.82) is 0 Å². The molecule has 1 N–H and O–H groups in total. The summed E-state index contributed by atoms with van der Waals surface area (Å²) in [7, 11) is -6.16. The Kier molecular flexibility index (Phi) is 7.72. The van der Waals surface area contributed by atoms with E-state index in [1.54, 1.807) is 0 Å². The third-order valence-corrected chi connectivity index (χ3v) is 10.5. The van der Waals surface area contributed by atoms with Gasteiger partial charge in [-0.15, -0.1) is 0 Å². The van der Waals surface area contributed by atoms with Crippen molar-refractivity contribution in [2.24, 2.45) is 0 Å². The lowest BCUT2D eigenvalue weighted by Crippen LogP contribution is -2.35. The molecule has 2 aromatic rings. The number of carbonyl (C=O) groups is 1. The lowest BCUT2D eigenvalue weighted by Gasteiger charge is -2.26. The molecule has 9 nitrogen and oxygen atoms in total. The number of piperidine rings is 1. The zero-order valence-electron chi connectivity index (χ0n) is 19.4. The summed E-state index contributed by atoms with van der Waals surface area (Å²) in [6.07, 6.45) is 4.12. The van der Waals surface area contributed by atoms with Gasteiger partial charge in [0.25, 0.3) is 5.91 Å². The summed E-state index contributed by atoms with van der Waals surface area (Å²) in [5, 5.41) is 2.69. The number of hydrogen-bond acceptors (Lipinski definition) is 6. The van der Waals surface area contributed by atoms with Crippen LogP contribution >= 0.6 is 11.6 Å². The van der Waals surface area contributed by atoms with Gasteiger partial charge in [0.15, 0.2) is 0 Å². The first-order valence-corrected chi connectivity index (χ1v) is 14.7. The van der Waals surface area contributed by atoms with E-state index in [9.17, 15) is 21.6 Å². The van der Waals surface area contributed by atoms with Gasteiger partial charge in [-0.05, 0) is 62.1 Å². The molecule has 2 saturated heterocycles. The predicted octanol–water partition coefficient (Wildman–Crippen LogP) is 3.56. The Labute approximate surface area is 211 Å². The Hall–Kier alpha value is -2.18. The number of nitrogens with zero attached hydrogens (tertiary/aromatic N) is 2. The highest BCUT2D eigenvalue weighted by Crippen LogP contribution is 2.32. The summed E-state index contributed by atoms with van der Waals surface area (Å²) >= 11 is 6.22. The summed E-state index contributed by atoms with van der Waals surface area (Å²) in [6.45, 7) is 1.72. The monoisotopic (exact) mass is 541 g/mol. The quantitative estimate of drug-likeness (QED) is 0.573. The third kappa shape index (κ3) is 5.34. The standard InChI is InChI=1S/C23H28ClN3O6S2/c1-33-21-10-8-18(34(29,30)26-13-5-6-14-26)16-20(21)25-23(28)17-7-9-19(24)22(15-17)35(31,32)27-11-3-2-4-12-27/h7-10,15-16H,2-6,11-14H2,1H3,(H,25,28). The van der Waals surface area contributed by atoms with E-state index in [4.69, 9.17) is 16.3 Å². The number of benzene rings is 2. The van der Waals surface area contributed by atoms with E-state index in [1.165, 1.54) is 52.1 Å². The lowest BCUT2D eigenvalue weighted by atomic mass is 10.2. The van der Waals surface area contributed by atoms with Gasteiger partial charge in [0, 0.05) is 31.7 Å². The average molecular weight is 542 g/mol. The molecule has 12 heteroatoms. The molecule has 35 heavy (non-hydrogen) atoms. The lowest BCUT2D eigenvalue weighted by molar-refractivity contribution is 0.102. The van der Waals surface area contributed by atoms with E-state index in [-0.39, 0.29) is 31.8 Å². The maximum absolute atomic E-state index is 13.1. The van der Waals surface area contributed by atoms with Crippen molar-refractivity contribution in [3.8, 4) is 5.75 Å². The van der Waals surface area contributed by atoms with Gasteiger partial charge < -0.3 is 10.1 Å². The van der Waals surface area contributed by atoms with Crippen LogP contribution in [0.2, 0.25) is 5.02 Å². The molecule has 0 atom stereocenters. The highest BCUT2D eigenvalue weighted by molar-refractivity contribution is 7.89. The molecule has 0 spiro atoms. The highest BCUT2D eigenvalue weighted by Gasteiger charge is 2.30. The zero-order valence-corrected chi connectivity index (χ0v) is 21.8. The number of ether oxygens (including phenoxy) is 1. The van der Waals surface area contributed by atoms with E-state index < -0.39 is 26.0 Å². The molecule has 2 fully saturated rings. The largest absolute Gasteiger partial charge is 0.495 e. The Balaban J connectivity index is 1.63. The van der Waals surface area contributed by atoms with Gasteiger partial charge in [-0.3, -0.25) is 4.79 Å². The fourth-order valence-corrected chi connectivity index (χ4v) is 7.87. The first kappa shape index (κ1) is 25.9. The predicted molar refractivity (Wildman–Crippen MR) is 133 cm³/mol. The fourth-order valence-electron chi connectivity index (χ4n) is 4.30. The highest BCUT2D eigenvalue weighted by atomic mass is 35.5. The van der Waals surface area contributed by atoms with Gasteiger partial charge in [-0.2, -0.15) is 8.61 Å². The van der Waals surface area contributed by atoms with Crippen LogP contribution in [0.1, 0.15) is 42.5 Å². The van der Waals surface area contributed by atoms with E-state index in [0.717, 1.165) is 32.1 Å². The molecule has 2 heterocycles. The van der Waals surface area contributed by atoms with Crippen LogP contribution in [-0.2, 0) is 20.0 Å². The molecule has 0 radical (unpaired) electrons. The van der Waals surface area contributed by atoms with Crippen LogP contribution in [0, 0.1) is 0 Å². The first-order valence-electron chi connectivity index (χ1n) is 11.4. The number of carbonyl (C=O) groups excluding carboxylic acids is 1. The molecule has 0 unspecified atom stereocenters. The van der Waals surface area contributed by atoms with Crippen molar-refractivity contribution in [2.45, 2.75) is 41.9 Å². The van der Waals surface area contributed by atoms with E-state index in [0.29, 0.717) is 26.2 Å². The molecule has 0 saturated carbocycles. The van der Waals surface area contributed by atoms with Crippen LogP contribution in [0.15, 0.2) is 46.2 Å². The molecule has 2 aliphatic rings. The van der Waals surface area contributed by atoms with Crippen LogP contribution in [0.3, 0.4) is 0 Å². The Morgan fingerprint density at radius 3 is 2.09 bits per heavy atom. The molecular formula is C23H28ClN3O6S2. The maximum Gasteiger partial charge on any atom is 0.255 e. The number of hydrogen-bond donors (Lipinski definition) is 1. The Morgan fingerprint density at radius 2 is 1.46 bits per heavy atom. The fraction of sp³-hybridized carbons (Fsp3) is 0.435. The second kappa shape index (κ2) is 10.4. The van der Waals surface area contributed by atoms with Crippen molar-refractivity contribution in [1.82, 2.24) is 8.61 Å². The number of sulfonamides is 2. The van der Waals surface area contributed by atoms with Gasteiger partial charge >= 0.3 is 0 Å². The van der Waals surface area contributed by atoms with E-state index >= 15 is 0 Å². The van der Waals surface area contributed by atoms with Crippen LogP contribution in [0.4, 0.5) is 5.69 Å². The topological polar surface area (TPSA) is 113 Å². The Morgan fingerprint density at radius 1 is 0.857 bits per heavy atom. The second-order valence-corrected chi connectivity index (χ2v) is 12.8. The minimum Gasteiger partial charge on any atom is -0.495 e. The molecule has 0 aliphatic carbocycles. The summed E-state index contributed by atoms with van der Waals surface area (Å²) in [6, 6.07) is 8.31. The summed E-state index contributed by atoms with van der Waals surface area (Å²) in [5.41, 5.74) is 0.230. The van der Waals surface area contributed by atoms with Crippen molar-refractivity contribution < 1.29 is 26.4 Å². The summed E-state index contributed by atoms with van der Waals surface area (Å²) < 4.78 is 60.3. The van der Waals surface area contributed by atoms with Crippen molar-refractivity contribution >= 4 is 43.2 Å². The smallest absolute Gasteiger partial charge is 0.255 e. The van der Waals surface area contributed by atoms with Gasteiger partial charge in [-0.1, -0.05) is 18.0 Å². The number of anilines is 1. The van der Waals surface area contributed by atoms with Gasteiger partial charge in [0.1, 0.15) is 10.6 Å². The van der Waals surface area contributed by atoms with Crippen LogP contribution in [0.25, 0.3) is 0 Å². The number of halogens is 1. The van der Waals surface area contributed by atoms with Crippen LogP contribution in [0.5, 0.6) is 5.75 Å².